The van der Waals surface area contributed by atoms with Crippen LogP contribution in [0.4, 0.5) is 0 Å². The number of hydrogen-bond donors (Lipinski definition) is 0. The number of aryl methyl sites for hydroxylation is 1. The number of methoxy groups -OCH3 is 2. The van der Waals surface area contributed by atoms with Gasteiger partial charge in [0.2, 0.25) is 0 Å². The summed E-state index contributed by atoms with van der Waals surface area (Å²) in [5.41, 5.74) is 0.711. The number of rotatable bonds is 2. The monoisotopic (exact) mass is 209 g/mol. The van der Waals surface area contributed by atoms with E-state index in [1.54, 1.807) is 13.0 Å². The predicted octanol–water partition coefficient (Wildman–Crippen LogP) is 0.963. The van der Waals surface area contributed by atoms with Crippen molar-refractivity contribution in [3.63, 3.8) is 0 Å². The van der Waals surface area contributed by atoms with Gasteiger partial charge in [0.15, 0.2) is 5.69 Å². The van der Waals surface area contributed by atoms with Gasteiger partial charge in [-0.2, -0.15) is 0 Å². The van der Waals surface area contributed by atoms with Crippen LogP contribution in [0.3, 0.4) is 0 Å². The molecule has 1 aromatic rings. The molecule has 5 heteroatoms. The quantitative estimate of drug-likeness (QED) is 0.679. The number of carbonyl (C=O) groups is 2. The second-order valence-electron chi connectivity index (χ2n) is 2.83. The summed E-state index contributed by atoms with van der Waals surface area (Å²) in [5.74, 6) is -1.26. The third-order valence-electron chi connectivity index (χ3n) is 1.82. The number of hydrogen-bond acceptors (Lipinski definition) is 5. The first-order chi connectivity index (χ1) is 7.10. The summed E-state index contributed by atoms with van der Waals surface area (Å²) in [4.78, 5) is 26.5. The number of ether oxygens (including phenoxy) is 2. The van der Waals surface area contributed by atoms with Gasteiger partial charge in [0.25, 0.3) is 0 Å². The van der Waals surface area contributed by atoms with Crippen LogP contribution in [0.5, 0.6) is 0 Å². The van der Waals surface area contributed by atoms with E-state index in [2.05, 4.69) is 14.5 Å². The standard InChI is InChI=1S/C10H11NO4/c1-6-4-5-7(9(12)14-2)8(11-6)10(13)15-3/h4-5H,1-3H3. The van der Waals surface area contributed by atoms with Gasteiger partial charge in [-0.25, -0.2) is 14.6 Å². The summed E-state index contributed by atoms with van der Waals surface area (Å²) >= 11 is 0. The Kier molecular flexibility index (Phi) is 3.38. The van der Waals surface area contributed by atoms with Crippen molar-refractivity contribution in [2.75, 3.05) is 14.2 Å². The number of aromatic nitrogens is 1. The van der Waals surface area contributed by atoms with Crippen LogP contribution < -0.4 is 0 Å². The maximum atomic E-state index is 11.3. The Balaban J connectivity index is 3.26. The van der Waals surface area contributed by atoms with Crippen LogP contribution in [0.1, 0.15) is 26.5 Å². The van der Waals surface area contributed by atoms with Gasteiger partial charge in [0, 0.05) is 5.69 Å². The van der Waals surface area contributed by atoms with Crippen LogP contribution in [0.2, 0.25) is 0 Å². The van der Waals surface area contributed by atoms with Gasteiger partial charge in [-0.15, -0.1) is 0 Å². The first kappa shape index (κ1) is 11.2. The number of carbonyl (C=O) groups excluding carboxylic acids is 2. The SMILES string of the molecule is COC(=O)c1ccc(C)nc1C(=O)OC. The van der Waals surface area contributed by atoms with Crippen LogP contribution in [0.25, 0.3) is 0 Å². The lowest BCUT2D eigenvalue weighted by Gasteiger charge is -2.05. The molecule has 5 nitrogen and oxygen atoms in total. The molecular formula is C10H11NO4. The van der Waals surface area contributed by atoms with Crippen molar-refractivity contribution >= 4 is 11.9 Å². The zero-order chi connectivity index (χ0) is 11.4. The highest BCUT2D eigenvalue weighted by Crippen LogP contribution is 2.10. The molecule has 80 valence electrons. The van der Waals surface area contributed by atoms with E-state index in [4.69, 9.17) is 0 Å². The van der Waals surface area contributed by atoms with Crippen molar-refractivity contribution in [2.24, 2.45) is 0 Å². The molecule has 0 amide bonds. The number of pyridine rings is 1. The average Bonchev–Trinajstić information content (AvgIpc) is 2.26. The third-order valence-corrected chi connectivity index (χ3v) is 1.82. The summed E-state index contributed by atoms with van der Waals surface area (Å²) in [6, 6.07) is 3.11. The lowest BCUT2D eigenvalue weighted by Crippen LogP contribution is -2.14. The molecule has 0 radical (unpaired) electrons. The molecule has 0 N–H and O–H groups in total. The van der Waals surface area contributed by atoms with E-state index in [1.807, 2.05) is 0 Å². The zero-order valence-electron chi connectivity index (χ0n) is 8.73. The largest absolute Gasteiger partial charge is 0.465 e. The van der Waals surface area contributed by atoms with E-state index in [0.717, 1.165) is 0 Å². The van der Waals surface area contributed by atoms with E-state index < -0.39 is 11.9 Å². The van der Waals surface area contributed by atoms with Crippen molar-refractivity contribution < 1.29 is 19.1 Å². The highest BCUT2D eigenvalue weighted by molar-refractivity contribution is 6.01. The van der Waals surface area contributed by atoms with Gasteiger partial charge in [-0.05, 0) is 19.1 Å². The minimum Gasteiger partial charge on any atom is -0.465 e. The van der Waals surface area contributed by atoms with E-state index in [-0.39, 0.29) is 11.3 Å². The molecule has 15 heavy (non-hydrogen) atoms. The molecule has 1 aromatic heterocycles. The predicted molar refractivity (Wildman–Crippen MR) is 51.7 cm³/mol. The lowest BCUT2D eigenvalue weighted by atomic mass is 10.2. The Hall–Kier alpha value is -1.91. The topological polar surface area (TPSA) is 65.5 Å². The molecule has 0 atom stereocenters. The summed E-state index contributed by atoms with van der Waals surface area (Å²) in [7, 11) is 2.47. The first-order valence-electron chi connectivity index (χ1n) is 4.24. The second kappa shape index (κ2) is 4.54. The molecule has 0 aliphatic carbocycles. The molecule has 0 saturated carbocycles. The molecule has 0 aromatic carbocycles. The van der Waals surface area contributed by atoms with Crippen LogP contribution in [-0.2, 0) is 9.47 Å². The smallest absolute Gasteiger partial charge is 0.357 e. The summed E-state index contributed by atoms with van der Waals surface area (Å²) in [5, 5.41) is 0. The Morgan fingerprint density at radius 1 is 1.13 bits per heavy atom. The molecule has 0 unspecified atom stereocenters. The molecule has 0 aliphatic heterocycles. The van der Waals surface area contributed by atoms with Gasteiger partial charge >= 0.3 is 11.9 Å². The van der Waals surface area contributed by atoms with E-state index in [0.29, 0.717) is 5.69 Å². The Labute approximate surface area is 87.0 Å². The van der Waals surface area contributed by atoms with Crippen molar-refractivity contribution in [2.45, 2.75) is 6.92 Å². The third kappa shape index (κ3) is 2.31. The van der Waals surface area contributed by atoms with Crippen LogP contribution in [0.15, 0.2) is 12.1 Å². The first-order valence-corrected chi connectivity index (χ1v) is 4.24. The van der Waals surface area contributed by atoms with Gasteiger partial charge in [0.05, 0.1) is 19.8 Å². The maximum absolute atomic E-state index is 11.3. The molecule has 1 rings (SSSR count). The minimum absolute atomic E-state index is 0.0237. The van der Waals surface area contributed by atoms with E-state index in [1.165, 1.54) is 20.3 Å². The molecule has 0 saturated heterocycles. The molecule has 0 aliphatic rings. The fraction of sp³-hybridized carbons (Fsp3) is 0.300. The van der Waals surface area contributed by atoms with E-state index >= 15 is 0 Å². The van der Waals surface area contributed by atoms with Gasteiger partial charge in [-0.3, -0.25) is 0 Å². The van der Waals surface area contributed by atoms with Crippen LogP contribution in [0, 0.1) is 6.92 Å². The Morgan fingerprint density at radius 3 is 2.27 bits per heavy atom. The fourth-order valence-electron chi connectivity index (χ4n) is 1.08. The normalized spacial score (nSPS) is 9.53. The average molecular weight is 209 g/mol. The maximum Gasteiger partial charge on any atom is 0.357 e. The molecule has 0 spiro atoms. The molecule has 0 bridgehead atoms. The molecule has 1 heterocycles. The molecular weight excluding hydrogens is 198 g/mol. The second-order valence-corrected chi connectivity index (χ2v) is 2.83. The zero-order valence-corrected chi connectivity index (χ0v) is 8.73. The summed E-state index contributed by atoms with van der Waals surface area (Å²) < 4.78 is 9.04. The lowest BCUT2D eigenvalue weighted by molar-refractivity contribution is 0.0549. The van der Waals surface area contributed by atoms with Crippen LogP contribution >= 0.6 is 0 Å². The summed E-state index contributed by atoms with van der Waals surface area (Å²) in [6.45, 7) is 1.72. The van der Waals surface area contributed by atoms with Crippen LogP contribution in [-0.4, -0.2) is 31.1 Å². The highest BCUT2D eigenvalue weighted by Gasteiger charge is 2.19. The fourth-order valence-corrected chi connectivity index (χ4v) is 1.08. The van der Waals surface area contributed by atoms with Crippen molar-refractivity contribution in [3.8, 4) is 0 Å². The minimum atomic E-state index is -0.654. The number of esters is 2. The van der Waals surface area contributed by atoms with Gasteiger partial charge in [0.1, 0.15) is 0 Å². The Bertz CT molecular complexity index is 400. The highest BCUT2D eigenvalue weighted by atomic mass is 16.5. The summed E-state index contributed by atoms with van der Waals surface area (Å²) in [6.07, 6.45) is 0. The number of nitrogens with zero attached hydrogens (tertiary/aromatic N) is 1. The Morgan fingerprint density at radius 2 is 1.73 bits per heavy atom. The van der Waals surface area contributed by atoms with Gasteiger partial charge in [-0.1, -0.05) is 0 Å². The van der Waals surface area contributed by atoms with E-state index in [9.17, 15) is 9.59 Å². The van der Waals surface area contributed by atoms with Gasteiger partial charge < -0.3 is 9.47 Å². The van der Waals surface area contributed by atoms with Crippen molar-refractivity contribution in [1.29, 1.82) is 0 Å². The molecule has 0 fully saturated rings. The van der Waals surface area contributed by atoms with Crippen molar-refractivity contribution in [3.05, 3.63) is 29.1 Å². The van der Waals surface area contributed by atoms with Crippen molar-refractivity contribution in [1.82, 2.24) is 4.98 Å².